The number of aromatic carboxylic acids is 1. The molecule has 0 radical (unpaired) electrons. The van der Waals surface area contributed by atoms with Gasteiger partial charge in [0.1, 0.15) is 11.4 Å². The largest absolute Gasteiger partial charge is 0.495 e. The van der Waals surface area contributed by atoms with E-state index in [1.165, 1.54) is 0 Å². The van der Waals surface area contributed by atoms with Gasteiger partial charge in [0.25, 0.3) is 0 Å². The van der Waals surface area contributed by atoms with Crippen molar-refractivity contribution in [1.82, 2.24) is 4.57 Å². The van der Waals surface area contributed by atoms with Crippen LogP contribution in [0.3, 0.4) is 0 Å². The van der Waals surface area contributed by atoms with Gasteiger partial charge in [-0.3, -0.25) is 0 Å². The van der Waals surface area contributed by atoms with Gasteiger partial charge in [0.15, 0.2) is 0 Å². The second kappa shape index (κ2) is 4.13. The topological polar surface area (TPSA) is 51.5 Å². The van der Waals surface area contributed by atoms with Crippen LogP contribution >= 0.6 is 0 Å². The Hall–Kier alpha value is -1.97. The predicted molar refractivity (Wildman–Crippen MR) is 65.9 cm³/mol. The van der Waals surface area contributed by atoms with Gasteiger partial charge in [-0.2, -0.15) is 0 Å². The van der Waals surface area contributed by atoms with Gasteiger partial charge in [0, 0.05) is 11.9 Å². The molecule has 0 bridgehead atoms. The molecule has 1 aromatic carbocycles. The summed E-state index contributed by atoms with van der Waals surface area (Å²) in [5, 5.41) is 10.1. The Morgan fingerprint density at radius 2 is 2.18 bits per heavy atom. The van der Waals surface area contributed by atoms with Crippen molar-refractivity contribution in [3.63, 3.8) is 0 Å². The van der Waals surface area contributed by atoms with Crippen molar-refractivity contribution in [2.45, 2.75) is 20.4 Å². The van der Waals surface area contributed by atoms with Crippen LogP contribution in [0.15, 0.2) is 18.2 Å². The van der Waals surface area contributed by atoms with Crippen molar-refractivity contribution in [1.29, 1.82) is 0 Å². The van der Waals surface area contributed by atoms with E-state index in [1.807, 2.05) is 26.0 Å². The molecule has 4 heteroatoms. The molecule has 1 heterocycles. The van der Waals surface area contributed by atoms with Crippen LogP contribution in [-0.4, -0.2) is 22.8 Å². The third-order valence-corrected chi connectivity index (χ3v) is 3.00. The number of carboxylic acids is 1. The number of carbonyl (C=O) groups is 1. The molecule has 0 aliphatic heterocycles. The standard InChI is InChI=1S/C13H15NO3/c1-4-14-10(13(15)16)7-9-8(2)5-6-11(17-3)12(9)14/h5-7H,4H2,1-3H3,(H,15,16). The maximum Gasteiger partial charge on any atom is 0.352 e. The number of hydrogen-bond acceptors (Lipinski definition) is 2. The Balaban J connectivity index is 2.90. The van der Waals surface area contributed by atoms with E-state index >= 15 is 0 Å². The number of fused-ring (bicyclic) bond motifs is 1. The summed E-state index contributed by atoms with van der Waals surface area (Å²) in [6, 6.07) is 5.52. The minimum atomic E-state index is -0.912. The van der Waals surface area contributed by atoms with Crippen molar-refractivity contribution in [3.8, 4) is 5.75 Å². The molecule has 90 valence electrons. The monoisotopic (exact) mass is 233 g/mol. The highest BCUT2D eigenvalue weighted by Gasteiger charge is 2.17. The number of ether oxygens (including phenoxy) is 1. The van der Waals surface area contributed by atoms with Gasteiger partial charge in [-0.15, -0.1) is 0 Å². The van der Waals surface area contributed by atoms with Gasteiger partial charge in [-0.05, 0) is 31.5 Å². The molecule has 1 aromatic heterocycles. The molecule has 1 N–H and O–H groups in total. The molecular formula is C13H15NO3. The number of benzene rings is 1. The average molecular weight is 233 g/mol. The Morgan fingerprint density at radius 3 is 2.71 bits per heavy atom. The van der Waals surface area contributed by atoms with Crippen molar-refractivity contribution in [3.05, 3.63) is 29.5 Å². The van der Waals surface area contributed by atoms with Crippen LogP contribution in [0.25, 0.3) is 10.9 Å². The van der Waals surface area contributed by atoms with Crippen LogP contribution in [-0.2, 0) is 6.54 Å². The number of methoxy groups -OCH3 is 1. The van der Waals surface area contributed by atoms with Crippen LogP contribution in [0.1, 0.15) is 23.0 Å². The molecule has 2 aromatic rings. The first-order valence-electron chi connectivity index (χ1n) is 5.50. The molecule has 0 saturated heterocycles. The van der Waals surface area contributed by atoms with Crippen molar-refractivity contribution >= 4 is 16.9 Å². The highest BCUT2D eigenvalue weighted by atomic mass is 16.5. The average Bonchev–Trinajstić information content (AvgIpc) is 2.70. The molecule has 4 nitrogen and oxygen atoms in total. The molecule has 0 amide bonds. The van der Waals surface area contributed by atoms with Crippen LogP contribution in [0, 0.1) is 6.92 Å². The molecule has 0 saturated carbocycles. The van der Waals surface area contributed by atoms with E-state index in [0.29, 0.717) is 18.0 Å². The van der Waals surface area contributed by atoms with Crippen molar-refractivity contribution in [2.75, 3.05) is 7.11 Å². The molecule has 0 fully saturated rings. The fraction of sp³-hybridized carbons (Fsp3) is 0.308. The van der Waals surface area contributed by atoms with Gasteiger partial charge >= 0.3 is 5.97 Å². The molecule has 17 heavy (non-hydrogen) atoms. The van der Waals surface area contributed by atoms with Gasteiger partial charge < -0.3 is 14.4 Å². The lowest BCUT2D eigenvalue weighted by Gasteiger charge is -2.09. The minimum absolute atomic E-state index is 0.301. The summed E-state index contributed by atoms with van der Waals surface area (Å²) in [5.41, 5.74) is 2.21. The molecule has 0 aliphatic rings. The van der Waals surface area contributed by atoms with Crippen LogP contribution in [0.5, 0.6) is 5.75 Å². The lowest BCUT2D eigenvalue weighted by molar-refractivity contribution is 0.0686. The third kappa shape index (κ3) is 1.65. The zero-order chi connectivity index (χ0) is 12.6. The van der Waals surface area contributed by atoms with Crippen LogP contribution in [0.4, 0.5) is 0 Å². The quantitative estimate of drug-likeness (QED) is 0.886. The smallest absolute Gasteiger partial charge is 0.352 e. The fourth-order valence-electron chi connectivity index (χ4n) is 2.15. The van der Waals surface area contributed by atoms with Gasteiger partial charge in [0.05, 0.1) is 12.6 Å². The molecule has 0 spiro atoms. The van der Waals surface area contributed by atoms with E-state index < -0.39 is 5.97 Å². The number of hydrogen-bond donors (Lipinski definition) is 1. The lowest BCUT2D eigenvalue weighted by atomic mass is 10.1. The highest BCUT2D eigenvalue weighted by molar-refractivity contribution is 5.98. The lowest BCUT2D eigenvalue weighted by Crippen LogP contribution is -2.07. The van der Waals surface area contributed by atoms with Crippen LogP contribution in [0.2, 0.25) is 0 Å². The summed E-state index contributed by atoms with van der Waals surface area (Å²) < 4.78 is 7.07. The van der Waals surface area contributed by atoms with E-state index in [2.05, 4.69) is 0 Å². The van der Waals surface area contributed by atoms with E-state index in [4.69, 9.17) is 4.74 Å². The molecule has 0 atom stereocenters. The SMILES string of the molecule is CCn1c(C(=O)O)cc2c(C)ccc(OC)c21. The summed E-state index contributed by atoms with van der Waals surface area (Å²) in [4.78, 5) is 11.2. The predicted octanol–water partition coefficient (Wildman–Crippen LogP) is 2.68. The van der Waals surface area contributed by atoms with Crippen LogP contribution < -0.4 is 4.74 Å². The Labute approximate surface area is 99.4 Å². The number of nitrogens with zero attached hydrogens (tertiary/aromatic N) is 1. The zero-order valence-electron chi connectivity index (χ0n) is 10.2. The number of rotatable bonds is 3. The first-order chi connectivity index (χ1) is 8.10. The first kappa shape index (κ1) is 11.5. The maximum absolute atomic E-state index is 11.2. The minimum Gasteiger partial charge on any atom is -0.495 e. The summed E-state index contributed by atoms with van der Waals surface area (Å²) in [6.45, 7) is 4.49. The zero-order valence-corrected chi connectivity index (χ0v) is 10.2. The summed E-state index contributed by atoms with van der Waals surface area (Å²) in [6.07, 6.45) is 0. The van der Waals surface area contributed by atoms with Gasteiger partial charge in [-0.25, -0.2) is 4.79 Å². The van der Waals surface area contributed by atoms with E-state index in [0.717, 1.165) is 16.5 Å². The first-order valence-corrected chi connectivity index (χ1v) is 5.50. The number of aromatic nitrogens is 1. The molecular weight excluding hydrogens is 218 g/mol. The molecule has 0 aliphatic carbocycles. The summed E-state index contributed by atoms with van der Waals surface area (Å²) in [5.74, 6) is -0.204. The summed E-state index contributed by atoms with van der Waals surface area (Å²) >= 11 is 0. The second-order valence-electron chi connectivity index (χ2n) is 3.93. The Bertz CT molecular complexity index is 584. The third-order valence-electron chi connectivity index (χ3n) is 3.00. The maximum atomic E-state index is 11.2. The second-order valence-corrected chi connectivity index (χ2v) is 3.93. The fourth-order valence-corrected chi connectivity index (χ4v) is 2.15. The van der Waals surface area contributed by atoms with Gasteiger partial charge in [-0.1, -0.05) is 6.07 Å². The highest BCUT2D eigenvalue weighted by Crippen LogP contribution is 2.31. The summed E-state index contributed by atoms with van der Waals surface area (Å²) in [7, 11) is 1.59. The number of aryl methyl sites for hydroxylation is 2. The van der Waals surface area contributed by atoms with E-state index in [-0.39, 0.29) is 0 Å². The van der Waals surface area contributed by atoms with E-state index in [1.54, 1.807) is 17.7 Å². The number of carboxylic acid groups (broad SMARTS) is 1. The Morgan fingerprint density at radius 1 is 1.47 bits per heavy atom. The molecule has 2 rings (SSSR count). The normalized spacial score (nSPS) is 10.8. The Kier molecular flexibility index (Phi) is 2.79. The van der Waals surface area contributed by atoms with Crippen molar-refractivity contribution in [2.24, 2.45) is 0 Å². The molecule has 0 unspecified atom stereocenters. The van der Waals surface area contributed by atoms with E-state index in [9.17, 15) is 9.90 Å². The van der Waals surface area contributed by atoms with Gasteiger partial charge in [0.2, 0.25) is 0 Å². The van der Waals surface area contributed by atoms with Crippen molar-refractivity contribution < 1.29 is 14.6 Å².